The molecule has 33 heavy (non-hydrogen) atoms. The van der Waals surface area contributed by atoms with Crippen LogP contribution in [0.4, 0.5) is 17.3 Å². The summed E-state index contributed by atoms with van der Waals surface area (Å²) in [5, 5.41) is 3.00. The van der Waals surface area contributed by atoms with E-state index < -0.39 is 0 Å². The van der Waals surface area contributed by atoms with Gasteiger partial charge in [0.1, 0.15) is 0 Å². The second-order valence-corrected chi connectivity index (χ2v) is 8.50. The van der Waals surface area contributed by atoms with Gasteiger partial charge in [-0.1, -0.05) is 12.1 Å². The Balaban J connectivity index is 1.25. The van der Waals surface area contributed by atoms with Gasteiger partial charge in [-0.05, 0) is 61.2 Å². The Bertz CT molecular complexity index is 1070. The average Bonchev–Trinajstić information content (AvgIpc) is 2.90. The van der Waals surface area contributed by atoms with Gasteiger partial charge in [-0.25, -0.2) is 9.97 Å². The number of rotatable bonds is 5. The largest absolute Gasteiger partial charge is 0.378 e. The normalized spacial score (nSPS) is 16.5. The second-order valence-electron chi connectivity index (χ2n) is 8.50. The van der Waals surface area contributed by atoms with Gasteiger partial charge in [0.15, 0.2) is 0 Å². The summed E-state index contributed by atoms with van der Waals surface area (Å²) in [6.07, 6.45) is 7.36. The molecular formula is C26H29N5O2. The van der Waals surface area contributed by atoms with Gasteiger partial charge in [0.05, 0.1) is 13.2 Å². The first kappa shape index (κ1) is 21.4. The van der Waals surface area contributed by atoms with E-state index in [2.05, 4.69) is 25.1 Å². The van der Waals surface area contributed by atoms with Gasteiger partial charge in [-0.2, -0.15) is 0 Å². The lowest BCUT2D eigenvalue weighted by atomic mass is 10.1. The minimum absolute atomic E-state index is 0.137. The zero-order valence-electron chi connectivity index (χ0n) is 18.7. The monoisotopic (exact) mass is 443 g/mol. The van der Waals surface area contributed by atoms with E-state index in [9.17, 15) is 4.79 Å². The molecule has 1 amide bonds. The number of nitrogens with zero attached hydrogens (tertiary/aromatic N) is 4. The van der Waals surface area contributed by atoms with Crippen molar-refractivity contribution in [1.82, 2.24) is 9.97 Å². The van der Waals surface area contributed by atoms with Crippen molar-refractivity contribution in [3.8, 4) is 11.1 Å². The summed E-state index contributed by atoms with van der Waals surface area (Å²) < 4.78 is 5.41. The predicted molar refractivity (Wildman–Crippen MR) is 131 cm³/mol. The van der Waals surface area contributed by atoms with E-state index in [1.54, 1.807) is 0 Å². The molecule has 5 rings (SSSR count). The number of amides is 1. The van der Waals surface area contributed by atoms with Crippen molar-refractivity contribution >= 4 is 23.2 Å². The van der Waals surface area contributed by atoms with Crippen LogP contribution in [-0.2, 0) is 4.74 Å². The van der Waals surface area contributed by atoms with Crippen molar-refractivity contribution in [2.75, 3.05) is 54.5 Å². The maximum Gasteiger partial charge on any atom is 0.255 e. The van der Waals surface area contributed by atoms with Gasteiger partial charge in [0.2, 0.25) is 5.95 Å². The molecule has 0 unspecified atom stereocenters. The number of hydrogen-bond acceptors (Lipinski definition) is 6. The van der Waals surface area contributed by atoms with Crippen LogP contribution in [0.2, 0.25) is 0 Å². The van der Waals surface area contributed by atoms with Gasteiger partial charge < -0.3 is 19.9 Å². The summed E-state index contributed by atoms with van der Waals surface area (Å²) in [6, 6.07) is 15.6. The molecule has 2 aromatic carbocycles. The van der Waals surface area contributed by atoms with Crippen LogP contribution in [-0.4, -0.2) is 55.3 Å². The molecule has 2 saturated heterocycles. The molecule has 0 spiro atoms. The second kappa shape index (κ2) is 10.0. The van der Waals surface area contributed by atoms with Crippen molar-refractivity contribution in [1.29, 1.82) is 0 Å². The number of carbonyl (C=O) groups excluding carboxylic acids is 1. The number of carbonyl (C=O) groups is 1. The van der Waals surface area contributed by atoms with Crippen molar-refractivity contribution in [2.45, 2.75) is 19.3 Å². The van der Waals surface area contributed by atoms with Gasteiger partial charge in [0.25, 0.3) is 5.91 Å². The highest BCUT2D eigenvalue weighted by Gasteiger charge is 2.14. The molecule has 3 heterocycles. The third-order valence-corrected chi connectivity index (χ3v) is 6.24. The lowest BCUT2D eigenvalue weighted by Crippen LogP contribution is -2.36. The smallest absolute Gasteiger partial charge is 0.255 e. The molecule has 0 saturated carbocycles. The van der Waals surface area contributed by atoms with Gasteiger partial charge in [-0.3, -0.25) is 4.79 Å². The minimum Gasteiger partial charge on any atom is -0.378 e. The Hall–Kier alpha value is -3.45. The first-order chi connectivity index (χ1) is 16.3. The lowest BCUT2D eigenvalue weighted by molar-refractivity contribution is 0.102. The zero-order chi connectivity index (χ0) is 22.5. The number of piperidine rings is 1. The summed E-state index contributed by atoms with van der Waals surface area (Å²) in [5.74, 6) is 0.648. The van der Waals surface area contributed by atoms with Crippen LogP contribution in [0.3, 0.4) is 0 Å². The number of hydrogen-bond donors (Lipinski definition) is 1. The third-order valence-electron chi connectivity index (χ3n) is 6.24. The summed E-state index contributed by atoms with van der Waals surface area (Å²) in [5.41, 5.74) is 4.35. The van der Waals surface area contributed by atoms with Crippen LogP contribution in [0.25, 0.3) is 11.1 Å². The minimum atomic E-state index is -0.137. The van der Waals surface area contributed by atoms with Crippen molar-refractivity contribution in [3.05, 3.63) is 66.5 Å². The average molecular weight is 444 g/mol. The zero-order valence-corrected chi connectivity index (χ0v) is 18.7. The predicted octanol–water partition coefficient (Wildman–Crippen LogP) is 4.22. The van der Waals surface area contributed by atoms with E-state index in [0.717, 1.165) is 67.8 Å². The first-order valence-corrected chi connectivity index (χ1v) is 11.7. The molecule has 0 radical (unpaired) electrons. The molecule has 0 bridgehead atoms. The van der Waals surface area contributed by atoms with Crippen molar-refractivity contribution < 1.29 is 9.53 Å². The van der Waals surface area contributed by atoms with E-state index >= 15 is 0 Å². The Morgan fingerprint density at radius 2 is 1.55 bits per heavy atom. The fourth-order valence-corrected chi connectivity index (χ4v) is 4.35. The molecule has 7 heteroatoms. The molecule has 2 aliphatic heterocycles. The van der Waals surface area contributed by atoms with Crippen LogP contribution < -0.4 is 15.1 Å². The van der Waals surface area contributed by atoms with Crippen molar-refractivity contribution in [2.24, 2.45) is 0 Å². The van der Waals surface area contributed by atoms with Gasteiger partial charge in [-0.15, -0.1) is 0 Å². The molecular weight excluding hydrogens is 414 g/mol. The van der Waals surface area contributed by atoms with E-state index in [4.69, 9.17) is 4.74 Å². The first-order valence-electron chi connectivity index (χ1n) is 11.7. The Morgan fingerprint density at radius 1 is 0.818 bits per heavy atom. The standard InChI is InChI=1S/C26H29N5O2/c32-25(29-23-7-9-24(10-8-23)30-13-15-33-16-14-30)21-6-4-5-20(17-21)22-18-27-26(28-19-22)31-11-2-1-3-12-31/h4-10,17-19H,1-3,11-16H2,(H,29,32). The third kappa shape index (κ3) is 5.14. The summed E-state index contributed by atoms with van der Waals surface area (Å²) in [6.45, 7) is 5.31. The van der Waals surface area contributed by atoms with Gasteiger partial charge in [0, 0.05) is 61.1 Å². The molecule has 1 aromatic heterocycles. The summed E-state index contributed by atoms with van der Waals surface area (Å²) in [7, 11) is 0. The number of benzene rings is 2. The summed E-state index contributed by atoms with van der Waals surface area (Å²) >= 11 is 0. The molecule has 0 atom stereocenters. The van der Waals surface area contributed by atoms with E-state index in [0.29, 0.717) is 5.56 Å². The molecule has 2 aliphatic rings. The number of aromatic nitrogens is 2. The highest BCUT2D eigenvalue weighted by atomic mass is 16.5. The highest BCUT2D eigenvalue weighted by Crippen LogP contribution is 2.23. The molecule has 2 fully saturated rings. The summed E-state index contributed by atoms with van der Waals surface area (Å²) in [4.78, 5) is 26.5. The molecule has 3 aromatic rings. The van der Waals surface area contributed by atoms with E-state index in [1.807, 2.05) is 60.9 Å². The fourth-order valence-electron chi connectivity index (χ4n) is 4.35. The number of morpholine rings is 1. The van der Waals surface area contributed by atoms with Crippen LogP contribution >= 0.6 is 0 Å². The van der Waals surface area contributed by atoms with E-state index in [1.165, 1.54) is 19.3 Å². The van der Waals surface area contributed by atoms with Crippen LogP contribution in [0.15, 0.2) is 60.9 Å². The van der Waals surface area contributed by atoms with E-state index in [-0.39, 0.29) is 5.91 Å². The quantitative estimate of drug-likeness (QED) is 0.637. The Morgan fingerprint density at radius 3 is 2.27 bits per heavy atom. The maximum absolute atomic E-state index is 12.9. The van der Waals surface area contributed by atoms with Gasteiger partial charge >= 0.3 is 0 Å². The molecule has 170 valence electrons. The molecule has 7 nitrogen and oxygen atoms in total. The Labute approximate surface area is 194 Å². The highest BCUT2D eigenvalue weighted by molar-refractivity contribution is 6.05. The Kier molecular flexibility index (Phi) is 6.48. The molecule has 0 aliphatic carbocycles. The van der Waals surface area contributed by atoms with Crippen LogP contribution in [0, 0.1) is 0 Å². The van der Waals surface area contributed by atoms with Crippen molar-refractivity contribution in [3.63, 3.8) is 0 Å². The SMILES string of the molecule is O=C(Nc1ccc(N2CCOCC2)cc1)c1cccc(-c2cnc(N3CCCCC3)nc2)c1. The van der Waals surface area contributed by atoms with Crippen LogP contribution in [0.1, 0.15) is 29.6 Å². The number of anilines is 3. The topological polar surface area (TPSA) is 70.6 Å². The lowest BCUT2D eigenvalue weighted by Gasteiger charge is -2.28. The molecule has 1 N–H and O–H groups in total. The van der Waals surface area contributed by atoms with Crippen LogP contribution in [0.5, 0.6) is 0 Å². The maximum atomic E-state index is 12.9. The number of nitrogens with one attached hydrogen (secondary N) is 1. The fraction of sp³-hybridized carbons (Fsp3) is 0.346. The number of ether oxygens (including phenoxy) is 1.